The van der Waals surface area contributed by atoms with Crippen LogP contribution in [0.3, 0.4) is 0 Å². The van der Waals surface area contributed by atoms with Gasteiger partial charge in [-0.2, -0.15) is 0 Å². The number of amides is 2. The third-order valence-electron chi connectivity index (χ3n) is 6.07. The Balaban J connectivity index is 1.58. The quantitative estimate of drug-likeness (QED) is 0.654. The fraction of sp³-hybridized carbons (Fsp3) is 0.619. The summed E-state index contributed by atoms with van der Waals surface area (Å²) in [5.41, 5.74) is 2.13. The van der Waals surface area contributed by atoms with Crippen LogP contribution in [0.2, 0.25) is 0 Å². The summed E-state index contributed by atoms with van der Waals surface area (Å²) in [5.74, 6) is 0.207. The number of piperidine rings is 2. The summed E-state index contributed by atoms with van der Waals surface area (Å²) in [6.07, 6.45) is 10.3. The first-order valence-corrected chi connectivity index (χ1v) is 11.0. The Bertz CT molecular complexity index is 672. The maximum absolute atomic E-state index is 12.7. The lowest BCUT2D eigenvalue weighted by molar-refractivity contribution is -0.129. The molecule has 28 heavy (non-hydrogen) atoms. The number of rotatable bonds is 4. The van der Waals surface area contributed by atoms with Gasteiger partial charge in [-0.05, 0) is 49.2 Å². The fourth-order valence-corrected chi connectivity index (χ4v) is 4.92. The fourth-order valence-electron chi connectivity index (χ4n) is 4.67. The van der Waals surface area contributed by atoms with Crippen molar-refractivity contribution in [1.82, 2.24) is 14.7 Å². The third kappa shape index (κ3) is 4.51. The second-order valence-electron chi connectivity index (χ2n) is 7.60. The normalized spacial score (nSPS) is 23.6. The molecule has 154 valence electrons. The SMILES string of the molecule is C/C=C\C1=C(/C=C/Br)N(C2CCN(C3CCN(C(=O)OC)CC3)CC2)C(=O)C1. The minimum atomic E-state index is -0.221. The lowest BCUT2D eigenvalue weighted by atomic mass is 9.97. The molecule has 0 spiro atoms. The molecule has 3 aliphatic rings. The number of hydrogen-bond donors (Lipinski definition) is 0. The monoisotopic (exact) mass is 451 g/mol. The lowest BCUT2D eigenvalue weighted by Crippen LogP contribution is -2.51. The van der Waals surface area contributed by atoms with Crippen molar-refractivity contribution in [2.24, 2.45) is 0 Å². The summed E-state index contributed by atoms with van der Waals surface area (Å²) in [5, 5.41) is 0. The number of carbonyl (C=O) groups is 2. The molecule has 0 N–H and O–H groups in total. The molecule has 0 aromatic heterocycles. The average Bonchev–Trinajstić information content (AvgIpc) is 3.03. The first-order valence-electron chi connectivity index (χ1n) is 10.1. The topological polar surface area (TPSA) is 53.1 Å². The van der Waals surface area contributed by atoms with Gasteiger partial charge in [0, 0.05) is 44.0 Å². The highest BCUT2D eigenvalue weighted by molar-refractivity contribution is 9.11. The van der Waals surface area contributed by atoms with Crippen molar-refractivity contribution in [2.45, 2.75) is 51.1 Å². The summed E-state index contributed by atoms with van der Waals surface area (Å²) in [4.78, 5) is 32.5. The zero-order valence-corrected chi connectivity index (χ0v) is 18.4. The van der Waals surface area contributed by atoms with Crippen LogP contribution in [0.5, 0.6) is 0 Å². The second kappa shape index (κ2) is 9.74. The number of nitrogens with zero attached hydrogens (tertiary/aromatic N) is 3. The maximum atomic E-state index is 12.7. The molecule has 3 aliphatic heterocycles. The van der Waals surface area contributed by atoms with E-state index in [1.165, 1.54) is 7.11 Å². The van der Waals surface area contributed by atoms with Crippen LogP contribution in [0.25, 0.3) is 0 Å². The number of ether oxygens (including phenoxy) is 1. The highest BCUT2D eigenvalue weighted by Gasteiger charge is 2.36. The van der Waals surface area contributed by atoms with Crippen molar-refractivity contribution in [1.29, 1.82) is 0 Å². The zero-order chi connectivity index (χ0) is 20.1. The Morgan fingerprint density at radius 1 is 1.07 bits per heavy atom. The smallest absolute Gasteiger partial charge is 0.409 e. The van der Waals surface area contributed by atoms with E-state index in [1.54, 1.807) is 4.90 Å². The number of allylic oxidation sites excluding steroid dienone is 3. The summed E-state index contributed by atoms with van der Waals surface area (Å²) in [6.45, 7) is 5.51. The molecule has 6 nitrogen and oxygen atoms in total. The van der Waals surface area contributed by atoms with E-state index in [0.717, 1.165) is 63.1 Å². The van der Waals surface area contributed by atoms with Crippen LogP contribution in [0.15, 0.2) is 34.5 Å². The van der Waals surface area contributed by atoms with Gasteiger partial charge in [-0.3, -0.25) is 4.79 Å². The molecular weight excluding hydrogens is 422 g/mol. The molecule has 0 saturated carbocycles. The standard InChI is InChI=1S/C21H30BrN3O3/c1-3-4-16-15-20(26)25(19(16)5-10-22)18-8-11-23(12-9-18)17-6-13-24(14-7-17)21(27)28-2/h3-5,10,17-18H,6-9,11-15H2,1-2H3/b4-3-,10-5+. The number of hydrogen-bond acceptors (Lipinski definition) is 4. The van der Waals surface area contributed by atoms with Crippen LogP contribution in [0, 0.1) is 0 Å². The van der Waals surface area contributed by atoms with E-state index in [-0.39, 0.29) is 18.0 Å². The van der Waals surface area contributed by atoms with Crippen molar-refractivity contribution in [2.75, 3.05) is 33.3 Å². The number of halogens is 1. The second-order valence-corrected chi connectivity index (χ2v) is 8.13. The number of likely N-dealkylation sites (tertiary alicyclic amines) is 2. The first kappa shape index (κ1) is 21.1. The number of methoxy groups -OCH3 is 1. The minimum absolute atomic E-state index is 0.207. The summed E-state index contributed by atoms with van der Waals surface area (Å²) in [7, 11) is 1.44. The van der Waals surface area contributed by atoms with Crippen molar-refractivity contribution in [3.63, 3.8) is 0 Å². The van der Waals surface area contributed by atoms with Crippen LogP contribution in [0.4, 0.5) is 4.79 Å². The third-order valence-corrected chi connectivity index (χ3v) is 6.33. The van der Waals surface area contributed by atoms with Gasteiger partial charge in [-0.25, -0.2) is 4.79 Å². The van der Waals surface area contributed by atoms with E-state index < -0.39 is 0 Å². The van der Waals surface area contributed by atoms with Gasteiger partial charge >= 0.3 is 6.09 Å². The number of carbonyl (C=O) groups excluding carboxylic acids is 2. The molecule has 3 rings (SSSR count). The molecular formula is C21H30BrN3O3. The van der Waals surface area contributed by atoms with Crippen molar-refractivity contribution in [3.05, 3.63) is 34.5 Å². The van der Waals surface area contributed by atoms with Gasteiger partial charge in [0.2, 0.25) is 5.91 Å². The van der Waals surface area contributed by atoms with Crippen LogP contribution in [-0.4, -0.2) is 72.1 Å². The highest BCUT2D eigenvalue weighted by atomic mass is 79.9. The van der Waals surface area contributed by atoms with Gasteiger partial charge in [0.25, 0.3) is 0 Å². The molecule has 0 atom stereocenters. The highest BCUT2D eigenvalue weighted by Crippen LogP contribution is 2.33. The van der Waals surface area contributed by atoms with Gasteiger partial charge in [0.15, 0.2) is 0 Å². The average molecular weight is 452 g/mol. The van der Waals surface area contributed by atoms with Gasteiger partial charge in [0.1, 0.15) is 0 Å². The molecule has 0 unspecified atom stereocenters. The first-order chi connectivity index (χ1) is 13.6. The lowest BCUT2D eigenvalue weighted by Gasteiger charge is -2.43. The van der Waals surface area contributed by atoms with E-state index >= 15 is 0 Å². The summed E-state index contributed by atoms with van der Waals surface area (Å²) >= 11 is 3.37. The molecule has 3 heterocycles. The van der Waals surface area contributed by atoms with E-state index in [2.05, 4.69) is 20.8 Å². The molecule has 2 fully saturated rings. The zero-order valence-electron chi connectivity index (χ0n) is 16.8. The molecule has 0 aromatic rings. The van der Waals surface area contributed by atoms with Crippen LogP contribution in [0.1, 0.15) is 39.0 Å². The molecule has 0 aromatic carbocycles. The van der Waals surface area contributed by atoms with Gasteiger partial charge < -0.3 is 19.4 Å². The van der Waals surface area contributed by atoms with Crippen LogP contribution >= 0.6 is 15.9 Å². The van der Waals surface area contributed by atoms with Gasteiger partial charge in [-0.1, -0.05) is 28.1 Å². The molecule has 0 aliphatic carbocycles. The maximum Gasteiger partial charge on any atom is 0.409 e. The Morgan fingerprint density at radius 2 is 1.71 bits per heavy atom. The largest absolute Gasteiger partial charge is 0.453 e. The Morgan fingerprint density at radius 3 is 2.29 bits per heavy atom. The molecule has 0 bridgehead atoms. The van der Waals surface area contributed by atoms with Crippen LogP contribution < -0.4 is 0 Å². The summed E-state index contributed by atoms with van der Waals surface area (Å²) < 4.78 is 4.83. The Labute approximate surface area is 176 Å². The van der Waals surface area contributed by atoms with Gasteiger partial charge in [-0.15, -0.1) is 0 Å². The van der Waals surface area contributed by atoms with Crippen molar-refractivity contribution in [3.8, 4) is 0 Å². The predicted octanol–water partition coefficient (Wildman–Crippen LogP) is 3.65. The van der Waals surface area contributed by atoms with Crippen LogP contribution in [-0.2, 0) is 9.53 Å². The van der Waals surface area contributed by atoms with Gasteiger partial charge in [0.05, 0.1) is 13.5 Å². The van der Waals surface area contributed by atoms with E-state index in [9.17, 15) is 9.59 Å². The molecule has 2 saturated heterocycles. The minimum Gasteiger partial charge on any atom is -0.453 e. The van der Waals surface area contributed by atoms with E-state index in [0.29, 0.717) is 12.5 Å². The van der Waals surface area contributed by atoms with Crippen molar-refractivity contribution < 1.29 is 14.3 Å². The molecule has 2 amide bonds. The molecule has 0 radical (unpaired) electrons. The summed E-state index contributed by atoms with van der Waals surface area (Å²) in [6, 6.07) is 0.785. The Hall–Kier alpha value is -1.60. The van der Waals surface area contributed by atoms with E-state index in [4.69, 9.17) is 4.74 Å². The van der Waals surface area contributed by atoms with E-state index in [1.807, 2.05) is 35.0 Å². The Kier molecular flexibility index (Phi) is 7.35. The predicted molar refractivity (Wildman–Crippen MR) is 113 cm³/mol. The van der Waals surface area contributed by atoms with Crippen molar-refractivity contribution >= 4 is 27.9 Å². The molecule has 7 heteroatoms.